The molecule has 3 aromatic rings. The van der Waals surface area contributed by atoms with E-state index in [2.05, 4.69) is 43.5 Å². The van der Waals surface area contributed by atoms with Crippen LogP contribution in [-0.2, 0) is 0 Å². The van der Waals surface area contributed by atoms with Crippen molar-refractivity contribution in [3.63, 3.8) is 0 Å². The van der Waals surface area contributed by atoms with E-state index in [1.165, 1.54) is 14.8 Å². The van der Waals surface area contributed by atoms with Crippen molar-refractivity contribution in [1.82, 2.24) is 0 Å². The van der Waals surface area contributed by atoms with E-state index in [0.29, 0.717) is 5.25 Å². The van der Waals surface area contributed by atoms with Crippen molar-refractivity contribution in [3.05, 3.63) is 101 Å². The van der Waals surface area contributed by atoms with Crippen LogP contribution >= 0.6 is 11.8 Å². The average Bonchev–Trinajstić information content (AvgIpc) is 2.85. The molecule has 0 bridgehead atoms. The number of ether oxygens (including phenoxy) is 1. The van der Waals surface area contributed by atoms with Crippen molar-refractivity contribution < 1.29 is 9.48 Å². The number of hydrogen-bond donors (Lipinski definition) is 0. The Kier molecular flexibility index (Phi) is 7.62. The van der Waals surface area contributed by atoms with Gasteiger partial charge in [-0.1, -0.05) is 0 Å². The zero-order valence-electron chi connectivity index (χ0n) is 18.7. The van der Waals surface area contributed by atoms with Crippen LogP contribution < -0.4 is 9.20 Å². The quantitative estimate of drug-likeness (QED) is 0.230. The van der Waals surface area contributed by atoms with Crippen molar-refractivity contribution in [2.75, 3.05) is 13.4 Å². The summed E-state index contributed by atoms with van der Waals surface area (Å²) in [6.45, 7) is 2.25. The first-order valence-corrected chi connectivity index (χ1v) is 14.1. The van der Waals surface area contributed by atoms with Gasteiger partial charge in [0.05, 0.1) is 0 Å². The Morgan fingerprint density at radius 3 is 2.34 bits per heavy atom. The van der Waals surface area contributed by atoms with Crippen LogP contribution in [-0.4, -0.2) is 38.8 Å². The molecule has 2 unspecified atom stereocenters. The molecule has 1 heterocycles. The molecule has 0 saturated heterocycles. The minimum absolute atomic E-state index is 0.0946. The zero-order chi connectivity index (χ0) is 22.5. The summed E-state index contributed by atoms with van der Waals surface area (Å²) >= 11 is 1.94. The molecule has 0 spiro atoms. The molecule has 0 saturated carbocycles. The molecule has 0 aromatic heterocycles. The van der Waals surface area contributed by atoms with Crippen LogP contribution in [0.5, 0.6) is 5.75 Å². The first-order chi connectivity index (χ1) is 15.6. The van der Waals surface area contributed by atoms with Crippen LogP contribution in [0.3, 0.4) is 0 Å². The van der Waals surface area contributed by atoms with E-state index in [0.717, 1.165) is 35.4 Å². The Balaban J connectivity index is 1.78. The summed E-state index contributed by atoms with van der Waals surface area (Å²) in [6.07, 6.45) is 3.94. The van der Waals surface area contributed by atoms with E-state index in [-0.39, 0.29) is 25.8 Å². The van der Waals surface area contributed by atoms with Gasteiger partial charge in [0, 0.05) is 0 Å². The first-order valence-electron chi connectivity index (χ1n) is 10.9. The van der Waals surface area contributed by atoms with E-state index in [4.69, 9.17) is 4.74 Å². The summed E-state index contributed by atoms with van der Waals surface area (Å²) < 4.78 is 8.39. The molecule has 0 radical (unpaired) electrons. The molecule has 4 rings (SSSR count). The second-order valence-corrected chi connectivity index (χ2v) is 11.7. The number of benzene rings is 3. The van der Waals surface area contributed by atoms with Gasteiger partial charge >= 0.3 is 202 Å². The summed E-state index contributed by atoms with van der Waals surface area (Å²) in [6, 6.07) is 26.6. The Hall–Kier alpha value is -2.20. The Morgan fingerprint density at radius 1 is 1.00 bits per heavy atom. The molecule has 0 N–H and O–H groups in total. The van der Waals surface area contributed by atoms with Crippen molar-refractivity contribution in [2.45, 2.75) is 35.9 Å². The van der Waals surface area contributed by atoms with Gasteiger partial charge in [-0.05, 0) is 0 Å². The fourth-order valence-corrected chi connectivity index (χ4v) is 8.25. The molecule has 0 fully saturated rings. The van der Waals surface area contributed by atoms with E-state index in [9.17, 15) is 5.21 Å². The summed E-state index contributed by atoms with van der Waals surface area (Å²) in [4.78, 5) is 0.263. The maximum absolute atomic E-state index is 13.8. The Labute approximate surface area is 201 Å². The predicted octanol–water partition coefficient (Wildman–Crippen LogP) is 5.77. The summed E-state index contributed by atoms with van der Waals surface area (Å²) in [5, 5.41) is 14.2. The van der Waals surface area contributed by atoms with Gasteiger partial charge in [-0.3, -0.25) is 0 Å². The van der Waals surface area contributed by atoms with Crippen molar-refractivity contribution >= 4 is 36.9 Å². The molecule has 0 aliphatic carbocycles. The second-order valence-electron chi connectivity index (χ2n) is 7.95. The number of thioether (sulfide) groups is 1. The summed E-state index contributed by atoms with van der Waals surface area (Å²) in [7, 11) is 1.75. The van der Waals surface area contributed by atoms with Crippen LogP contribution in [0, 0.1) is 5.21 Å². The first kappa shape index (κ1) is 23.0. The van der Waals surface area contributed by atoms with E-state index < -0.39 is 0 Å². The van der Waals surface area contributed by atoms with Gasteiger partial charge in [0.15, 0.2) is 0 Å². The number of hydroxylamine groups is 1. The topological polar surface area (TPSA) is 35.3 Å². The second kappa shape index (κ2) is 10.6. The van der Waals surface area contributed by atoms with Crippen molar-refractivity contribution in [1.29, 1.82) is 0 Å². The van der Waals surface area contributed by atoms with Gasteiger partial charge < -0.3 is 0 Å². The van der Waals surface area contributed by atoms with Gasteiger partial charge in [-0.25, -0.2) is 0 Å². The van der Waals surface area contributed by atoms with Crippen LogP contribution in [0.4, 0.5) is 0 Å². The third kappa shape index (κ3) is 4.75. The fraction of sp³-hybridized carbons (Fsp3) is 0.296. The molecule has 1 aliphatic heterocycles. The van der Waals surface area contributed by atoms with Gasteiger partial charge in [-0.15, -0.1) is 0 Å². The normalized spacial score (nSPS) is 19.6. The molecule has 3 aromatic carbocycles. The standard InChI is InChI=1S/C27H29NO2SSe/c1-19(31-3)22-15-10-16-24(30-2)27(22)32-25-18-17-23(20-11-6-4-7-12-20)28(29)26(25)21-13-8-5-9-14-21/h4-16,19,25-26H,17-18H2,1-3H3/t19-,25?,26?/m0/s1. The molecule has 0 amide bonds. The molecular formula is C27H29NO2SSe. The average molecular weight is 511 g/mol. The van der Waals surface area contributed by atoms with Crippen LogP contribution in [0.15, 0.2) is 78.9 Å². The molecule has 3 atom stereocenters. The number of nitrogens with zero attached hydrogens (tertiary/aromatic N) is 1. The van der Waals surface area contributed by atoms with E-state index >= 15 is 0 Å². The predicted molar refractivity (Wildman–Crippen MR) is 137 cm³/mol. The van der Waals surface area contributed by atoms with Crippen LogP contribution in [0.2, 0.25) is 4.82 Å². The van der Waals surface area contributed by atoms with E-state index in [1.54, 1.807) is 7.11 Å². The van der Waals surface area contributed by atoms with Crippen molar-refractivity contribution in [3.8, 4) is 5.75 Å². The minimum atomic E-state index is -0.192. The Bertz CT molecular complexity index is 1070. The number of rotatable bonds is 7. The molecule has 166 valence electrons. The molecule has 1 aliphatic rings. The molecular weight excluding hydrogens is 481 g/mol. The van der Waals surface area contributed by atoms with Crippen LogP contribution in [0.25, 0.3) is 0 Å². The van der Waals surface area contributed by atoms with Gasteiger partial charge in [-0.2, -0.15) is 0 Å². The molecule has 5 heteroatoms. The monoisotopic (exact) mass is 511 g/mol. The van der Waals surface area contributed by atoms with E-state index in [1.807, 2.05) is 60.3 Å². The Morgan fingerprint density at radius 2 is 1.69 bits per heavy atom. The molecule has 32 heavy (non-hydrogen) atoms. The summed E-state index contributed by atoms with van der Waals surface area (Å²) in [5.74, 6) is 0.950. The summed E-state index contributed by atoms with van der Waals surface area (Å²) in [5.41, 5.74) is 4.35. The number of hydrogen-bond acceptors (Lipinski definition) is 3. The van der Waals surface area contributed by atoms with Gasteiger partial charge in [0.25, 0.3) is 0 Å². The SMILES string of the molecule is COc1cccc([C@H](C)SC)c1[Se]C1CCC(c2ccccc2)=[N+]([O-])C1c1ccccc1. The zero-order valence-corrected chi connectivity index (χ0v) is 21.3. The molecule has 3 nitrogen and oxygen atoms in total. The van der Waals surface area contributed by atoms with Gasteiger partial charge in [0.2, 0.25) is 0 Å². The third-order valence-corrected chi connectivity index (χ3v) is 10.1. The fourth-order valence-electron chi connectivity index (χ4n) is 4.31. The van der Waals surface area contributed by atoms with Crippen molar-refractivity contribution in [2.24, 2.45) is 0 Å². The third-order valence-electron chi connectivity index (χ3n) is 6.07. The van der Waals surface area contributed by atoms with Crippen LogP contribution in [0.1, 0.15) is 47.7 Å². The maximum atomic E-state index is 13.8. The van der Waals surface area contributed by atoms with Gasteiger partial charge in [0.1, 0.15) is 0 Å². The number of methoxy groups -OCH3 is 1.